The summed E-state index contributed by atoms with van der Waals surface area (Å²) in [6.45, 7) is 5.12. The molecule has 1 heterocycles. The van der Waals surface area contributed by atoms with Gasteiger partial charge in [0.05, 0.1) is 12.7 Å². The summed E-state index contributed by atoms with van der Waals surface area (Å²) >= 11 is 0. The van der Waals surface area contributed by atoms with E-state index in [1.165, 1.54) is 5.56 Å². The van der Waals surface area contributed by atoms with Crippen LogP contribution in [-0.2, 0) is 4.74 Å². The molecule has 1 heteroatoms. The van der Waals surface area contributed by atoms with Crippen LogP contribution in [0.2, 0.25) is 0 Å². The van der Waals surface area contributed by atoms with Crippen molar-refractivity contribution < 1.29 is 4.74 Å². The number of epoxide rings is 1. The van der Waals surface area contributed by atoms with E-state index in [2.05, 4.69) is 26.0 Å². The Bertz CT molecular complexity index is 189. The number of hydrogen-bond donors (Lipinski definition) is 0. The van der Waals surface area contributed by atoms with Gasteiger partial charge in [-0.25, -0.2) is 0 Å². The van der Waals surface area contributed by atoms with E-state index >= 15 is 0 Å². The lowest BCUT2D eigenvalue weighted by Gasteiger charge is -1.82. The lowest BCUT2D eigenvalue weighted by Crippen LogP contribution is -1.62. The van der Waals surface area contributed by atoms with Crippen LogP contribution in [-0.4, -0.2) is 12.7 Å². The number of hydrogen-bond acceptors (Lipinski definition) is 1. The molecule has 60 valence electrons. The molecule has 0 saturated carbocycles. The van der Waals surface area contributed by atoms with Gasteiger partial charge in [-0.2, -0.15) is 0 Å². The highest BCUT2D eigenvalue weighted by Gasteiger charge is 2.13. The Balaban J connectivity index is 0.000000128. The SMILES string of the molecule is CC1CO1.Cc1ccccc1. The Morgan fingerprint density at radius 2 is 1.73 bits per heavy atom. The fourth-order valence-electron chi connectivity index (χ4n) is 0.631. The predicted octanol–water partition coefficient (Wildman–Crippen LogP) is 2.40. The third-order valence-corrected chi connectivity index (χ3v) is 1.44. The third kappa shape index (κ3) is 4.57. The standard InChI is InChI=1S/C7H8.C3H6O/c1-7-5-3-2-4-6-7;1-3-2-4-3/h2-6H,1H3;3H,2H2,1H3. The van der Waals surface area contributed by atoms with Crippen molar-refractivity contribution in [2.75, 3.05) is 6.61 Å². The molecule has 0 bridgehead atoms. The first-order chi connectivity index (χ1) is 5.29. The largest absolute Gasteiger partial charge is 0.373 e. The van der Waals surface area contributed by atoms with Crippen molar-refractivity contribution in [2.24, 2.45) is 0 Å². The summed E-state index contributed by atoms with van der Waals surface area (Å²) in [7, 11) is 0. The van der Waals surface area contributed by atoms with Crippen LogP contribution in [0, 0.1) is 6.92 Å². The quantitative estimate of drug-likeness (QED) is 0.517. The molecular weight excluding hydrogens is 136 g/mol. The molecule has 0 radical (unpaired) electrons. The van der Waals surface area contributed by atoms with Gasteiger partial charge in [-0.05, 0) is 13.8 Å². The molecule has 0 aliphatic carbocycles. The van der Waals surface area contributed by atoms with Crippen molar-refractivity contribution in [3.8, 4) is 0 Å². The van der Waals surface area contributed by atoms with Crippen molar-refractivity contribution in [3.05, 3.63) is 35.9 Å². The van der Waals surface area contributed by atoms with E-state index in [4.69, 9.17) is 4.74 Å². The lowest BCUT2D eigenvalue weighted by molar-refractivity contribution is 0.423. The van der Waals surface area contributed by atoms with E-state index < -0.39 is 0 Å². The van der Waals surface area contributed by atoms with E-state index in [0.29, 0.717) is 6.10 Å². The molecule has 1 aromatic rings. The molecule has 2 rings (SSSR count). The molecule has 1 nitrogen and oxygen atoms in total. The number of aryl methyl sites for hydroxylation is 1. The second-order valence-corrected chi connectivity index (χ2v) is 2.80. The average Bonchev–Trinajstić information content (AvgIpc) is 2.75. The molecule has 1 aromatic carbocycles. The van der Waals surface area contributed by atoms with E-state index in [-0.39, 0.29) is 0 Å². The Labute approximate surface area is 68.0 Å². The van der Waals surface area contributed by atoms with E-state index in [1.807, 2.05) is 18.2 Å². The van der Waals surface area contributed by atoms with Gasteiger partial charge in [0.2, 0.25) is 0 Å². The molecule has 0 amide bonds. The molecular formula is C10H14O. The Hall–Kier alpha value is -0.820. The summed E-state index contributed by atoms with van der Waals surface area (Å²) < 4.78 is 4.71. The number of benzene rings is 1. The van der Waals surface area contributed by atoms with Crippen molar-refractivity contribution in [1.29, 1.82) is 0 Å². The van der Waals surface area contributed by atoms with E-state index in [1.54, 1.807) is 0 Å². The predicted molar refractivity (Wildman–Crippen MR) is 46.6 cm³/mol. The van der Waals surface area contributed by atoms with Gasteiger partial charge >= 0.3 is 0 Å². The van der Waals surface area contributed by atoms with Crippen molar-refractivity contribution in [3.63, 3.8) is 0 Å². The van der Waals surface area contributed by atoms with Crippen LogP contribution >= 0.6 is 0 Å². The maximum absolute atomic E-state index is 4.71. The van der Waals surface area contributed by atoms with Gasteiger partial charge in [0.25, 0.3) is 0 Å². The minimum Gasteiger partial charge on any atom is -0.373 e. The first-order valence-electron chi connectivity index (χ1n) is 3.92. The molecule has 0 spiro atoms. The summed E-state index contributed by atoms with van der Waals surface area (Å²) in [5, 5.41) is 0. The number of rotatable bonds is 0. The highest BCUT2D eigenvalue weighted by atomic mass is 16.6. The monoisotopic (exact) mass is 150 g/mol. The first kappa shape index (κ1) is 8.28. The number of ether oxygens (including phenoxy) is 1. The normalized spacial score (nSPS) is 20.0. The fraction of sp³-hybridized carbons (Fsp3) is 0.400. The van der Waals surface area contributed by atoms with Crippen LogP contribution in [0.1, 0.15) is 12.5 Å². The van der Waals surface area contributed by atoms with Gasteiger partial charge in [-0.3, -0.25) is 0 Å². The molecule has 11 heavy (non-hydrogen) atoms. The van der Waals surface area contributed by atoms with Gasteiger partial charge in [-0.15, -0.1) is 0 Å². The van der Waals surface area contributed by atoms with Gasteiger partial charge in [-0.1, -0.05) is 35.9 Å². The minimum atomic E-state index is 0.583. The Kier molecular flexibility index (Phi) is 3.12. The third-order valence-electron chi connectivity index (χ3n) is 1.44. The van der Waals surface area contributed by atoms with Gasteiger partial charge in [0, 0.05) is 0 Å². The average molecular weight is 150 g/mol. The maximum atomic E-state index is 4.71. The van der Waals surface area contributed by atoms with Gasteiger partial charge in [0.15, 0.2) is 0 Å². The molecule has 1 aliphatic heterocycles. The molecule has 0 aromatic heterocycles. The Morgan fingerprint density at radius 3 is 1.91 bits per heavy atom. The summed E-state index contributed by atoms with van der Waals surface area (Å²) in [5.74, 6) is 0. The van der Waals surface area contributed by atoms with Gasteiger partial charge < -0.3 is 4.74 Å². The zero-order chi connectivity index (χ0) is 8.10. The summed E-state index contributed by atoms with van der Waals surface area (Å²) in [6, 6.07) is 10.3. The second-order valence-electron chi connectivity index (χ2n) is 2.80. The highest BCUT2D eigenvalue weighted by Crippen LogP contribution is 2.04. The van der Waals surface area contributed by atoms with Crippen LogP contribution in [0.15, 0.2) is 30.3 Å². The van der Waals surface area contributed by atoms with E-state index in [9.17, 15) is 0 Å². The van der Waals surface area contributed by atoms with Crippen LogP contribution in [0.4, 0.5) is 0 Å². The zero-order valence-corrected chi connectivity index (χ0v) is 7.08. The van der Waals surface area contributed by atoms with Crippen molar-refractivity contribution in [2.45, 2.75) is 20.0 Å². The highest BCUT2D eigenvalue weighted by molar-refractivity contribution is 5.11. The molecule has 0 N–H and O–H groups in total. The summed E-state index contributed by atoms with van der Waals surface area (Å²) in [6.07, 6.45) is 0.583. The van der Waals surface area contributed by atoms with Crippen LogP contribution in [0.3, 0.4) is 0 Å². The molecule has 1 fully saturated rings. The molecule has 1 saturated heterocycles. The summed E-state index contributed by atoms with van der Waals surface area (Å²) in [4.78, 5) is 0. The maximum Gasteiger partial charge on any atom is 0.0781 e. The van der Waals surface area contributed by atoms with Gasteiger partial charge in [0.1, 0.15) is 0 Å². The smallest absolute Gasteiger partial charge is 0.0781 e. The topological polar surface area (TPSA) is 12.5 Å². The Morgan fingerprint density at radius 1 is 1.27 bits per heavy atom. The van der Waals surface area contributed by atoms with E-state index in [0.717, 1.165) is 6.61 Å². The van der Waals surface area contributed by atoms with Crippen LogP contribution in [0.5, 0.6) is 0 Å². The van der Waals surface area contributed by atoms with Crippen LogP contribution < -0.4 is 0 Å². The zero-order valence-electron chi connectivity index (χ0n) is 7.08. The van der Waals surface area contributed by atoms with Crippen molar-refractivity contribution in [1.82, 2.24) is 0 Å². The minimum absolute atomic E-state index is 0.583. The second kappa shape index (κ2) is 4.14. The lowest BCUT2D eigenvalue weighted by atomic mass is 10.2. The molecule has 1 atom stereocenters. The fourth-order valence-corrected chi connectivity index (χ4v) is 0.631. The van der Waals surface area contributed by atoms with Crippen molar-refractivity contribution >= 4 is 0 Å². The summed E-state index contributed by atoms with van der Waals surface area (Å²) in [5.41, 5.74) is 1.32. The first-order valence-corrected chi connectivity index (χ1v) is 3.92. The van der Waals surface area contributed by atoms with Crippen LogP contribution in [0.25, 0.3) is 0 Å². The molecule has 1 unspecified atom stereocenters. The molecule has 1 aliphatic rings.